The van der Waals surface area contributed by atoms with Gasteiger partial charge in [-0.1, -0.05) is 52.4 Å². The molecule has 0 saturated carbocycles. The molecule has 0 heterocycles. The molecule has 0 fully saturated rings. The highest BCUT2D eigenvalue weighted by Crippen LogP contribution is 2.22. The molecule has 0 aromatic rings. The van der Waals surface area contributed by atoms with E-state index in [1.165, 1.54) is 12.8 Å². The van der Waals surface area contributed by atoms with Crippen LogP contribution in [0, 0.1) is 0 Å². The maximum absolute atomic E-state index is 11.9. The van der Waals surface area contributed by atoms with Crippen molar-refractivity contribution in [1.82, 2.24) is 0 Å². The summed E-state index contributed by atoms with van der Waals surface area (Å²) in [5.41, 5.74) is 0. The Balaban J connectivity index is 4.40. The standard InChI is InChI=1S/C22H42O8/c1-3-5-7-9-14-27-16-18-29-22(21(25)26,13-11-12-20(23)24)30-19-17-28-15-10-8-6-4-2/h3-19H2,1-2H3,(H,23,24)(H,25,26). The normalized spacial score (nSPS) is 11.7. The van der Waals surface area contributed by atoms with Crippen molar-refractivity contribution in [3.05, 3.63) is 0 Å². The third-order valence-electron chi connectivity index (χ3n) is 4.63. The average Bonchev–Trinajstić information content (AvgIpc) is 2.71. The van der Waals surface area contributed by atoms with E-state index in [2.05, 4.69) is 13.8 Å². The molecule has 0 rings (SSSR count). The molecule has 178 valence electrons. The Morgan fingerprint density at radius 1 is 0.667 bits per heavy atom. The van der Waals surface area contributed by atoms with Gasteiger partial charge in [0, 0.05) is 26.1 Å². The highest BCUT2D eigenvalue weighted by atomic mass is 16.7. The molecule has 0 spiro atoms. The molecule has 0 aromatic heterocycles. The molecular formula is C22H42O8. The summed E-state index contributed by atoms with van der Waals surface area (Å²) in [7, 11) is 0. The fourth-order valence-corrected chi connectivity index (χ4v) is 2.89. The number of aliphatic carboxylic acids is 2. The van der Waals surface area contributed by atoms with Crippen molar-refractivity contribution in [2.45, 2.75) is 90.3 Å². The van der Waals surface area contributed by atoms with Crippen molar-refractivity contribution >= 4 is 11.9 Å². The van der Waals surface area contributed by atoms with Gasteiger partial charge in [0.25, 0.3) is 5.79 Å². The number of hydrogen-bond donors (Lipinski definition) is 2. The molecule has 0 atom stereocenters. The first-order valence-electron chi connectivity index (χ1n) is 11.4. The van der Waals surface area contributed by atoms with Crippen LogP contribution >= 0.6 is 0 Å². The van der Waals surface area contributed by atoms with Gasteiger partial charge in [-0.3, -0.25) is 4.79 Å². The van der Waals surface area contributed by atoms with Crippen molar-refractivity contribution in [1.29, 1.82) is 0 Å². The summed E-state index contributed by atoms with van der Waals surface area (Å²) >= 11 is 0. The lowest BCUT2D eigenvalue weighted by atomic mass is 10.1. The van der Waals surface area contributed by atoms with Gasteiger partial charge < -0.3 is 29.2 Å². The summed E-state index contributed by atoms with van der Waals surface area (Å²) in [5.74, 6) is -4.13. The van der Waals surface area contributed by atoms with E-state index in [0.717, 1.165) is 38.5 Å². The number of carbonyl (C=O) groups is 2. The minimum Gasteiger partial charge on any atom is -0.481 e. The number of unbranched alkanes of at least 4 members (excludes halogenated alkanes) is 6. The first-order valence-corrected chi connectivity index (χ1v) is 11.4. The summed E-state index contributed by atoms with van der Waals surface area (Å²) in [4.78, 5) is 22.7. The molecule has 0 aliphatic heterocycles. The number of carboxylic acids is 2. The van der Waals surface area contributed by atoms with Gasteiger partial charge in [-0.05, 0) is 19.3 Å². The van der Waals surface area contributed by atoms with Gasteiger partial charge in [-0.25, -0.2) is 4.79 Å². The third-order valence-corrected chi connectivity index (χ3v) is 4.63. The summed E-state index contributed by atoms with van der Waals surface area (Å²) < 4.78 is 22.1. The van der Waals surface area contributed by atoms with E-state index >= 15 is 0 Å². The van der Waals surface area contributed by atoms with Gasteiger partial charge in [0.05, 0.1) is 26.4 Å². The van der Waals surface area contributed by atoms with Crippen LogP contribution in [-0.4, -0.2) is 67.6 Å². The zero-order chi connectivity index (χ0) is 22.5. The smallest absolute Gasteiger partial charge is 0.364 e. The fraction of sp³-hybridized carbons (Fsp3) is 0.909. The van der Waals surface area contributed by atoms with Crippen molar-refractivity contribution in [3.8, 4) is 0 Å². The second-order valence-corrected chi connectivity index (χ2v) is 7.35. The van der Waals surface area contributed by atoms with Crippen LogP contribution < -0.4 is 0 Å². The van der Waals surface area contributed by atoms with Crippen LogP contribution in [0.2, 0.25) is 0 Å². The van der Waals surface area contributed by atoms with Crippen LogP contribution in [0.1, 0.15) is 84.5 Å². The van der Waals surface area contributed by atoms with Crippen molar-refractivity contribution in [3.63, 3.8) is 0 Å². The Kier molecular flexibility index (Phi) is 18.9. The molecule has 0 aliphatic rings. The largest absolute Gasteiger partial charge is 0.481 e. The van der Waals surface area contributed by atoms with Gasteiger partial charge in [0.1, 0.15) is 0 Å². The lowest BCUT2D eigenvalue weighted by Crippen LogP contribution is -2.46. The van der Waals surface area contributed by atoms with Gasteiger partial charge in [0.2, 0.25) is 0 Å². The number of ether oxygens (including phenoxy) is 4. The molecule has 0 saturated heterocycles. The van der Waals surface area contributed by atoms with Crippen LogP contribution in [0.4, 0.5) is 0 Å². The van der Waals surface area contributed by atoms with Crippen LogP contribution in [0.25, 0.3) is 0 Å². The van der Waals surface area contributed by atoms with E-state index < -0.39 is 17.7 Å². The van der Waals surface area contributed by atoms with E-state index in [1.807, 2.05) is 0 Å². The van der Waals surface area contributed by atoms with E-state index in [-0.39, 0.29) is 45.7 Å². The highest BCUT2D eigenvalue weighted by Gasteiger charge is 2.41. The zero-order valence-electron chi connectivity index (χ0n) is 18.9. The Morgan fingerprint density at radius 2 is 1.17 bits per heavy atom. The van der Waals surface area contributed by atoms with Crippen LogP contribution in [0.15, 0.2) is 0 Å². The molecule has 0 unspecified atom stereocenters. The Hall–Kier alpha value is -1.22. The number of hydrogen-bond acceptors (Lipinski definition) is 6. The SMILES string of the molecule is CCCCCCOCCOC(CCCC(=O)O)(OCCOCCCCCC)C(=O)O. The molecule has 0 amide bonds. The van der Waals surface area contributed by atoms with Gasteiger partial charge in [-0.2, -0.15) is 0 Å². The molecule has 30 heavy (non-hydrogen) atoms. The summed E-state index contributed by atoms with van der Waals surface area (Å²) in [6, 6.07) is 0. The molecule has 8 heteroatoms. The maximum Gasteiger partial charge on any atom is 0.364 e. The van der Waals surface area contributed by atoms with Crippen molar-refractivity contribution in [2.24, 2.45) is 0 Å². The summed E-state index contributed by atoms with van der Waals surface area (Å²) in [6.07, 6.45) is 8.70. The van der Waals surface area contributed by atoms with Gasteiger partial charge in [-0.15, -0.1) is 0 Å². The first kappa shape index (κ1) is 28.8. The minimum absolute atomic E-state index is 0.0539. The highest BCUT2D eigenvalue weighted by molar-refractivity contribution is 5.75. The minimum atomic E-state index is -1.88. The number of carboxylic acid groups (broad SMARTS) is 2. The topological polar surface area (TPSA) is 112 Å². The van der Waals surface area contributed by atoms with Crippen molar-refractivity contribution < 1.29 is 38.7 Å². The predicted molar refractivity (Wildman–Crippen MR) is 114 cm³/mol. The molecule has 0 bridgehead atoms. The quantitative estimate of drug-likeness (QED) is 0.181. The summed E-state index contributed by atoms with van der Waals surface area (Å²) in [6.45, 7) is 6.14. The monoisotopic (exact) mass is 434 g/mol. The zero-order valence-corrected chi connectivity index (χ0v) is 18.9. The van der Waals surface area contributed by atoms with Crippen LogP contribution in [-0.2, 0) is 28.5 Å². The molecule has 8 nitrogen and oxygen atoms in total. The molecule has 0 aliphatic carbocycles. The predicted octanol–water partition coefficient (Wildman–Crippen LogP) is 4.25. The fourth-order valence-electron chi connectivity index (χ4n) is 2.89. The average molecular weight is 435 g/mol. The maximum atomic E-state index is 11.9. The lowest BCUT2D eigenvalue weighted by Gasteiger charge is -2.29. The van der Waals surface area contributed by atoms with E-state index in [9.17, 15) is 14.7 Å². The van der Waals surface area contributed by atoms with Gasteiger partial charge in [0.15, 0.2) is 0 Å². The first-order chi connectivity index (χ1) is 14.5. The van der Waals surface area contributed by atoms with Crippen LogP contribution in [0.3, 0.4) is 0 Å². The number of rotatable bonds is 23. The Labute approximate surface area is 181 Å². The molecular weight excluding hydrogens is 392 g/mol. The Bertz CT molecular complexity index is 407. The lowest BCUT2D eigenvalue weighted by molar-refractivity contribution is -0.253. The third kappa shape index (κ3) is 15.6. The molecule has 0 radical (unpaired) electrons. The van der Waals surface area contributed by atoms with Gasteiger partial charge >= 0.3 is 11.9 Å². The van der Waals surface area contributed by atoms with Crippen molar-refractivity contribution in [2.75, 3.05) is 39.6 Å². The molecule has 2 N–H and O–H groups in total. The second kappa shape index (κ2) is 19.7. The molecule has 0 aromatic carbocycles. The van der Waals surface area contributed by atoms with E-state index in [0.29, 0.717) is 13.2 Å². The van der Waals surface area contributed by atoms with E-state index in [1.54, 1.807) is 0 Å². The Morgan fingerprint density at radius 3 is 1.57 bits per heavy atom. The van der Waals surface area contributed by atoms with E-state index in [4.69, 9.17) is 24.1 Å². The van der Waals surface area contributed by atoms with Crippen LogP contribution in [0.5, 0.6) is 0 Å². The summed E-state index contributed by atoms with van der Waals surface area (Å²) in [5, 5.41) is 18.6. The second-order valence-electron chi connectivity index (χ2n) is 7.35.